The molecule has 0 aliphatic heterocycles. The van der Waals surface area contributed by atoms with Crippen molar-refractivity contribution in [2.24, 2.45) is 17.3 Å². The summed E-state index contributed by atoms with van der Waals surface area (Å²) in [5, 5.41) is 14.7. The second kappa shape index (κ2) is 6.50. The van der Waals surface area contributed by atoms with E-state index in [9.17, 15) is 4.79 Å². The van der Waals surface area contributed by atoms with Crippen molar-refractivity contribution >= 4 is 34.5 Å². The number of benzene rings is 2. The number of para-hydroxylation sites is 1. The van der Waals surface area contributed by atoms with Gasteiger partial charge in [-0.25, -0.2) is 0 Å². The van der Waals surface area contributed by atoms with Gasteiger partial charge in [-0.05, 0) is 24.3 Å². The van der Waals surface area contributed by atoms with E-state index in [0.29, 0.717) is 22.2 Å². The predicted octanol–water partition coefficient (Wildman–Crippen LogP) is 4.53. The first-order valence-corrected chi connectivity index (χ1v) is 7.30. The Morgan fingerprint density at radius 3 is 2.48 bits per heavy atom. The van der Waals surface area contributed by atoms with Crippen LogP contribution >= 0.6 is 11.6 Å². The maximum Gasteiger partial charge on any atom is 0.296 e. The number of hydrogen-bond acceptors (Lipinski definition) is 4. The van der Waals surface area contributed by atoms with Crippen LogP contribution in [0.3, 0.4) is 0 Å². The highest BCUT2D eigenvalue weighted by Gasteiger charge is 2.13. The van der Waals surface area contributed by atoms with Gasteiger partial charge in [0.2, 0.25) is 0 Å². The summed E-state index contributed by atoms with van der Waals surface area (Å²) in [4.78, 5) is 12.2. The molecule has 0 aliphatic carbocycles. The third kappa shape index (κ3) is 3.32. The van der Waals surface area contributed by atoms with Crippen LogP contribution in [0, 0.1) is 0 Å². The van der Waals surface area contributed by atoms with E-state index in [-0.39, 0.29) is 11.2 Å². The van der Waals surface area contributed by atoms with Crippen LogP contribution in [-0.2, 0) is 7.05 Å². The molecule has 7 heteroatoms. The molecule has 0 atom stereocenters. The summed E-state index contributed by atoms with van der Waals surface area (Å²) in [5.41, 5.74) is 1.25. The standard InChI is InChI=1S/C16H14ClN5O/c1-22-16(23)14(20-19-11-7-3-2-4-8-11)15(21-22)18-13-10-6-5-9-12(13)17/h2-10,18,21H,1H3. The third-order valence-corrected chi connectivity index (χ3v) is 3.51. The third-order valence-electron chi connectivity index (χ3n) is 3.18. The van der Waals surface area contributed by atoms with E-state index in [0.717, 1.165) is 0 Å². The number of H-pyrrole nitrogens is 1. The average Bonchev–Trinajstić information content (AvgIpc) is 2.83. The van der Waals surface area contributed by atoms with Gasteiger partial charge >= 0.3 is 0 Å². The fourth-order valence-electron chi connectivity index (χ4n) is 2.02. The van der Waals surface area contributed by atoms with Gasteiger partial charge in [0.1, 0.15) is 0 Å². The smallest absolute Gasteiger partial charge is 0.296 e. The minimum atomic E-state index is -0.278. The topological polar surface area (TPSA) is 74.5 Å². The Hall–Kier alpha value is -2.86. The number of aryl methyl sites for hydroxylation is 1. The molecule has 0 unspecified atom stereocenters. The minimum Gasteiger partial charge on any atom is -0.337 e. The summed E-state index contributed by atoms with van der Waals surface area (Å²) >= 11 is 6.13. The van der Waals surface area contributed by atoms with Crippen molar-refractivity contribution in [2.75, 3.05) is 5.32 Å². The van der Waals surface area contributed by atoms with E-state index in [4.69, 9.17) is 11.6 Å². The minimum absolute atomic E-state index is 0.191. The maximum atomic E-state index is 12.2. The van der Waals surface area contributed by atoms with Crippen LogP contribution in [0.4, 0.5) is 22.9 Å². The summed E-state index contributed by atoms with van der Waals surface area (Å²) in [7, 11) is 1.61. The van der Waals surface area contributed by atoms with Crippen LogP contribution in [0.25, 0.3) is 0 Å². The first kappa shape index (κ1) is 15.1. The first-order valence-electron chi connectivity index (χ1n) is 6.92. The molecule has 0 amide bonds. The van der Waals surface area contributed by atoms with Gasteiger partial charge in [-0.15, -0.1) is 5.11 Å². The highest BCUT2D eigenvalue weighted by Crippen LogP contribution is 2.28. The number of hydrogen-bond donors (Lipinski definition) is 2. The molecule has 6 nitrogen and oxygen atoms in total. The van der Waals surface area contributed by atoms with Crippen LogP contribution in [0.5, 0.6) is 0 Å². The molecule has 2 N–H and O–H groups in total. The van der Waals surface area contributed by atoms with Gasteiger partial charge in [0, 0.05) is 7.05 Å². The zero-order valence-corrected chi connectivity index (χ0v) is 13.1. The number of rotatable bonds is 4. The highest BCUT2D eigenvalue weighted by molar-refractivity contribution is 6.33. The van der Waals surface area contributed by atoms with Crippen LogP contribution < -0.4 is 10.9 Å². The Kier molecular flexibility index (Phi) is 4.25. The van der Waals surface area contributed by atoms with Crippen LogP contribution in [0.1, 0.15) is 0 Å². The average molecular weight is 328 g/mol. The second-order valence-electron chi connectivity index (χ2n) is 4.84. The molecule has 0 radical (unpaired) electrons. The van der Waals surface area contributed by atoms with Gasteiger partial charge in [0.15, 0.2) is 11.5 Å². The van der Waals surface area contributed by atoms with E-state index in [1.807, 2.05) is 48.5 Å². The summed E-state index contributed by atoms with van der Waals surface area (Å²) in [5.74, 6) is 0.435. The number of nitrogens with zero attached hydrogens (tertiary/aromatic N) is 3. The predicted molar refractivity (Wildman–Crippen MR) is 91.4 cm³/mol. The molecule has 1 heterocycles. The molecule has 23 heavy (non-hydrogen) atoms. The molecule has 3 aromatic rings. The maximum absolute atomic E-state index is 12.2. The molecule has 116 valence electrons. The zero-order valence-electron chi connectivity index (χ0n) is 12.3. The number of halogens is 1. The van der Waals surface area contributed by atoms with Crippen molar-refractivity contribution in [1.29, 1.82) is 0 Å². The SMILES string of the molecule is Cn1[nH]c(Nc2ccccc2Cl)c(N=Nc2ccccc2)c1=O. The Bertz CT molecular complexity index is 898. The van der Waals surface area contributed by atoms with Crippen molar-refractivity contribution in [3.05, 3.63) is 70.0 Å². The molecular formula is C16H14ClN5O. The van der Waals surface area contributed by atoms with Gasteiger partial charge in [0.25, 0.3) is 5.56 Å². The lowest BCUT2D eigenvalue weighted by Gasteiger charge is -2.06. The molecule has 1 aromatic heterocycles. The van der Waals surface area contributed by atoms with E-state index >= 15 is 0 Å². The Morgan fingerprint density at radius 2 is 1.74 bits per heavy atom. The lowest BCUT2D eigenvalue weighted by Crippen LogP contribution is -2.10. The number of aromatic amines is 1. The van der Waals surface area contributed by atoms with E-state index < -0.39 is 0 Å². The quantitative estimate of drug-likeness (QED) is 0.691. The van der Waals surface area contributed by atoms with Crippen molar-refractivity contribution < 1.29 is 0 Å². The first-order chi connectivity index (χ1) is 11.1. The van der Waals surface area contributed by atoms with E-state index in [2.05, 4.69) is 20.6 Å². The van der Waals surface area contributed by atoms with Crippen LogP contribution in [0.15, 0.2) is 69.6 Å². The summed E-state index contributed by atoms with van der Waals surface area (Å²) < 4.78 is 1.33. The lowest BCUT2D eigenvalue weighted by molar-refractivity contribution is 0.743. The number of nitrogens with one attached hydrogen (secondary N) is 2. The molecule has 3 rings (SSSR count). The summed E-state index contributed by atoms with van der Waals surface area (Å²) in [6.07, 6.45) is 0. The van der Waals surface area contributed by atoms with Gasteiger partial charge in [-0.2, -0.15) is 5.11 Å². The largest absolute Gasteiger partial charge is 0.337 e. The van der Waals surface area contributed by atoms with Gasteiger partial charge in [-0.3, -0.25) is 14.6 Å². The second-order valence-corrected chi connectivity index (χ2v) is 5.25. The van der Waals surface area contributed by atoms with Crippen molar-refractivity contribution in [2.45, 2.75) is 0 Å². The normalized spacial score (nSPS) is 11.0. The fraction of sp³-hybridized carbons (Fsp3) is 0.0625. The molecule has 2 aromatic carbocycles. The van der Waals surface area contributed by atoms with Gasteiger partial charge in [0.05, 0.1) is 16.4 Å². The molecule has 0 aliphatic rings. The van der Waals surface area contributed by atoms with Crippen molar-refractivity contribution in [3.8, 4) is 0 Å². The van der Waals surface area contributed by atoms with Crippen LogP contribution in [0.2, 0.25) is 5.02 Å². The highest BCUT2D eigenvalue weighted by atomic mass is 35.5. The van der Waals surface area contributed by atoms with Crippen LogP contribution in [-0.4, -0.2) is 9.78 Å². The Balaban J connectivity index is 1.96. The zero-order chi connectivity index (χ0) is 16.2. The molecule has 0 saturated carbocycles. The Labute approximate surface area is 137 Å². The fourth-order valence-corrected chi connectivity index (χ4v) is 2.20. The summed E-state index contributed by atoms with van der Waals surface area (Å²) in [6, 6.07) is 16.5. The molecule has 0 bridgehead atoms. The van der Waals surface area contributed by atoms with E-state index in [1.165, 1.54) is 4.68 Å². The Morgan fingerprint density at radius 1 is 1.04 bits per heavy atom. The molecular weight excluding hydrogens is 314 g/mol. The number of aromatic nitrogens is 2. The molecule has 0 saturated heterocycles. The van der Waals surface area contributed by atoms with Crippen molar-refractivity contribution in [3.63, 3.8) is 0 Å². The summed E-state index contributed by atoms with van der Waals surface area (Å²) in [6.45, 7) is 0. The van der Waals surface area contributed by atoms with Gasteiger partial charge < -0.3 is 5.32 Å². The van der Waals surface area contributed by atoms with Crippen molar-refractivity contribution in [1.82, 2.24) is 9.78 Å². The molecule has 0 fully saturated rings. The number of azo groups is 1. The lowest BCUT2D eigenvalue weighted by atomic mass is 10.3. The number of anilines is 2. The van der Waals surface area contributed by atoms with E-state index in [1.54, 1.807) is 13.1 Å². The monoisotopic (exact) mass is 327 g/mol. The molecule has 0 spiro atoms. The van der Waals surface area contributed by atoms with Gasteiger partial charge in [-0.1, -0.05) is 41.9 Å².